The Labute approximate surface area is 292 Å². The molecule has 6 unspecified atom stereocenters. The molecule has 6 heteroatoms. The van der Waals surface area contributed by atoms with Crippen molar-refractivity contribution in [2.45, 2.75) is 103 Å². The van der Waals surface area contributed by atoms with E-state index in [4.69, 9.17) is 14.2 Å². The second-order valence-electron chi connectivity index (χ2n) is 13.8. The molecule has 49 heavy (non-hydrogen) atoms. The average molecular weight is 662 g/mol. The van der Waals surface area contributed by atoms with Crippen molar-refractivity contribution >= 4 is 5.97 Å². The first kappa shape index (κ1) is 37.2. The van der Waals surface area contributed by atoms with E-state index in [2.05, 4.69) is 68.4 Å². The lowest BCUT2D eigenvalue weighted by atomic mass is 9.66. The van der Waals surface area contributed by atoms with Crippen LogP contribution in [0, 0.1) is 11.3 Å². The van der Waals surface area contributed by atoms with E-state index < -0.39 is 11.5 Å². The fraction of sp³-hybridized carbons (Fsp3) is 0.395. The number of rotatable bonds is 15. The van der Waals surface area contributed by atoms with E-state index >= 15 is 0 Å². The molecule has 1 N–H and O–H groups in total. The van der Waals surface area contributed by atoms with E-state index in [1.165, 1.54) is 11.1 Å². The van der Waals surface area contributed by atoms with Gasteiger partial charge in [-0.1, -0.05) is 92.7 Å². The summed E-state index contributed by atoms with van der Waals surface area (Å²) in [6.45, 7) is 14.5. The fourth-order valence-electron chi connectivity index (χ4n) is 6.70. The van der Waals surface area contributed by atoms with Crippen molar-refractivity contribution in [3.8, 4) is 17.6 Å². The highest BCUT2D eigenvalue weighted by Gasteiger charge is 2.35. The van der Waals surface area contributed by atoms with Crippen LogP contribution in [0.25, 0.3) is 0 Å². The van der Waals surface area contributed by atoms with E-state index in [1.54, 1.807) is 12.1 Å². The van der Waals surface area contributed by atoms with Crippen LogP contribution in [0.5, 0.6) is 11.5 Å². The van der Waals surface area contributed by atoms with Crippen LogP contribution in [0.1, 0.15) is 119 Å². The first-order valence-corrected chi connectivity index (χ1v) is 17.3. The maximum Gasteiger partial charge on any atom is 0.306 e. The number of aromatic hydroxyl groups is 1. The summed E-state index contributed by atoms with van der Waals surface area (Å²) in [6.07, 6.45) is 0.248. The Morgan fingerprint density at radius 1 is 0.735 bits per heavy atom. The molecule has 4 rings (SSSR count). The third-order valence-electron chi connectivity index (χ3n) is 9.11. The summed E-state index contributed by atoms with van der Waals surface area (Å²) < 4.78 is 17.1. The molecule has 0 heterocycles. The molecule has 0 aliphatic rings. The molecule has 0 bridgehead atoms. The van der Waals surface area contributed by atoms with E-state index in [9.17, 15) is 15.2 Å². The molecule has 258 valence electrons. The number of esters is 1. The Balaban J connectivity index is 1.70. The van der Waals surface area contributed by atoms with Gasteiger partial charge in [-0.2, -0.15) is 5.26 Å². The van der Waals surface area contributed by atoms with Crippen LogP contribution in [0.15, 0.2) is 103 Å². The van der Waals surface area contributed by atoms with Crippen LogP contribution in [-0.2, 0) is 14.3 Å². The molecule has 6 nitrogen and oxygen atoms in total. The number of hydrogen-bond acceptors (Lipinski definition) is 6. The van der Waals surface area contributed by atoms with Gasteiger partial charge in [0.15, 0.2) is 6.29 Å². The first-order valence-electron chi connectivity index (χ1n) is 17.3. The topological polar surface area (TPSA) is 88.8 Å². The van der Waals surface area contributed by atoms with Crippen molar-refractivity contribution in [3.05, 3.63) is 131 Å². The number of phenolic OH excluding ortho intramolecular Hbond substituents is 1. The molecule has 0 aromatic heterocycles. The van der Waals surface area contributed by atoms with Crippen LogP contribution < -0.4 is 4.74 Å². The van der Waals surface area contributed by atoms with Crippen LogP contribution in [-0.4, -0.2) is 29.6 Å². The molecular formula is C43H51NO5. The third kappa shape index (κ3) is 10.4. The zero-order valence-corrected chi connectivity index (χ0v) is 29.9. The van der Waals surface area contributed by atoms with Gasteiger partial charge in [0, 0.05) is 13.0 Å². The molecule has 0 aliphatic heterocycles. The molecule has 0 saturated carbocycles. The van der Waals surface area contributed by atoms with Crippen molar-refractivity contribution in [3.63, 3.8) is 0 Å². The largest absolute Gasteiger partial charge is 0.508 e. The van der Waals surface area contributed by atoms with Crippen LogP contribution in [0.3, 0.4) is 0 Å². The summed E-state index contributed by atoms with van der Waals surface area (Å²) in [5, 5.41) is 20.1. The van der Waals surface area contributed by atoms with E-state index in [1.807, 2.05) is 77.1 Å². The van der Waals surface area contributed by atoms with Crippen molar-refractivity contribution in [1.82, 2.24) is 0 Å². The summed E-state index contributed by atoms with van der Waals surface area (Å²) in [4.78, 5) is 12.4. The molecule has 0 radical (unpaired) electrons. The van der Waals surface area contributed by atoms with Crippen molar-refractivity contribution in [2.75, 3.05) is 6.61 Å². The summed E-state index contributed by atoms with van der Waals surface area (Å²) >= 11 is 0. The number of benzene rings is 4. The number of nitriles is 1. The minimum Gasteiger partial charge on any atom is -0.508 e. The summed E-state index contributed by atoms with van der Waals surface area (Å²) in [5.41, 5.74) is 5.05. The summed E-state index contributed by atoms with van der Waals surface area (Å²) in [7, 11) is 0. The lowest BCUT2D eigenvalue weighted by molar-refractivity contribution is -0.154. The number of phenols is 1. The van der Waals surface area contributed by atoms with Gasteiger partial charge in [-0.3, -0.25) is 4.79 Å². The monoisotopic (exact) mass is 661 g/mol. The van der Waals surface area contributed by atoms with Gasteiger partial charge < -0.3 is 19.3 Å². The Bertz CT molecular complexity index is 1640. The highest BCUT2D eigenvalue weighted by Crippen LogP contribution is 2.50. The van der Waals surface area contributed by atoms with Gasteiger partial charge in [0.2, 0.25) is 0 Å². The van der Waals surface area contributed by atoms with Crippen molar-refractivity contribution in [2.24, 2.45) is 0 Å². The van der Waals surface area contributed by atoms with Crippen LogP contribution in [0.2, 0.25) is 0 Å². The minimum absolute atomic E-state index is 0.0562. The number of carbonyl (C=O) groups is 1. The predicted molar refractivity (Wildman–Crippen MR) is 195 cm³/mol. The van der Waals surface area contributed by atoms with Crippen molar-refractivity contribution < 1.29 is 24.1 Å². The molecule has 6 atom stereocenters. The van der Waals surface area contributed by atoms with E-state index in [0.29, 0.717) is 13.0 Å². The smallest absolute Gasteiger partial charge is 0.306 e. The molecule has 4 aromatic rings. The molecule has 0 fully saturated rings. The number of hydrogen-bond donors (Lipinski definition) is 1. The second-order valence-corrected chi connectivity index (χ2v) is 13.8. The zero-order valence-electron chi connectivity index (χ0n) is 29.9. The lowest BCUT2D eigenvalue weighted by Gasteiger charge is -2.37. The number of carbonyl (C=O) groups excluding carboxylic acids is 1. The van der Waals surface area contributed by atoms with Gasteiger partial charge in [-0.05, 0) is 117 Å². The van der Waals surface area contributed by atoms with Crippen LogP contribution >= 0.6 is 0 Å². The van der Waals surface area contributed by atoms with Crippen molar-refractivity contribution in [1.29, 1.82) is 5.26 Å². The third-order valence-corrected chi connectivity index (χ3v) is 9.11. The van der Waals surface area contributed by atoms with E-state index in [0.717, 1.165) is 22.4 Å². The van der Waals surface area contributed by atoms with Gasteiger partial charge >= 0.3 is 5.97 Å². The quantitative estimate of drug-likeness (QED) is 0.101. The first-order chi connectivity index (χ1) is 23.4. The zero-order chi connectivity index (χ0) is 35.6. The maximum absolute atomic E-state index is 12.4. The molecule has 0 saturated heterocycles. The average Bonchev–Trinajstić information content (AvgIpc) is 3.07. The Kier molecular flexibility index (Phi) is 13.0. The van der Waals surface area contributed by atoms with E-state index in [-0.39, 0.29) is 48.1 Å². The normalized spacial score (nSPS) is 15.2. The number of nitrogens with zero attached hydrogens (tertiary/aromatic N) is 1. The standard InChI is InChI=1S/C43H51NO5/c1-8-47-31(4)48-39-25-20-36(21-26-39)42(30(3)33-18-23-38(45)24-19-33)41(35-12-10-9-11-13-35)29(2)32-14-16-34(17-15-32)37(28-44)22-27-40(46)49-43(5,6)7/h9-21,23-26,29-31,37,41-42,45H,8,22,27H2,1-7H3. The molecule has 4 aromatic carbocycles. The van der Waals surface area contributed by atoms with Crippen LogP contribution in [0.4, 0.5) is 0 Å². The van der Waals surface area contributed by atoms with Gasteiger partial charge in [0.25, 0.3) is 0 Å². The van der Waals surface area contributed by atoms with Gasteiger partial charge in [-0.25, -0.2) is 0 Å². The fourth-order valence-corrected chi connectivity index (χ4v) is 6.70. The summed E-state index contributed by atoms with van der Waals surface area (Å²) in [6, 6.07) is 37.2. The molecule has 0 spiro atoms. The highest BCUT2D eigenvalue weighted by molar-refractivity contribution is 5.70. The summed E-state index contributed by atoms with van der Waals surface area (Å²) in [5.74, 6) is 0.613. The van der Waals surface area contributed by atoms with Gasteiger partial charge in [-0.15, -0.1) is 0 Å². The highest BCUT2D eigenvalue weighted by atomic mass is 16.7. The number of ether oxygens (including phenoxy) is 3. The lowest BCUT2D eigenvalue weighted by Crippen LogP contribution is -2.24. The predicted octanol–water partition coefficient (Wildman–Crippen LogP) is 10.4. The molecular weight excluding hydrogens is 610 g/mol. The maximum atomic E-state index is 12.4. The Hall–Kier alpha value is -4.60. The van der Waals surface area contributed by atoms with Gasteiger partial charge in [0.1, 0.15) is 17.1 Å². The molecule has 0 aliphatic carbocycles. The van der Waals surface area contributed by atoms with Gasteiger partial charge in [0.05, 0.1) is 12.0 Å². The minimum atomic E-state index is -0.554. The second kappa shape index (κ2) is 17.2. The Morgan fingerprint density at radius 2 is 1.22 bits per heavy atom. The Morgan fingerprint density at radius 3 is 1.73 bits per heavy atom. The SMILES string of the molecule is CCOC(C)Oc1ccc(C(C(C)c2ccc(O)cc2)C(c2ccccc2)C(C)c2ccc(C(C#N)CCC(=O)OC(C)(C)C)cc2)cc1. The molecule has 0 amide bonds.